The number of aromatic nitrogens is 1. The fourth-order valence-corrected chi connectivity index (χ4v) is 4.07. The Bertz CT molecular complexity index is 1050. The van der Waals surface area contributed by atoms with Crippen LogP contribution in [0.4, 0.5) is 11.5 Å². The third-order valence-electron chi connectivity index (χ3n) is 5.53. The number of ether oxygens (including phenoxy) is 2. The van der Waals surface area contributed by atoms with Crippen molar-refractivity contribution in [3.8, 4) is 11.1 Å². The molecule has 4 rings (SSSR count). The predicted octanol–water partition coefficient (Wildman–Crippen LogP) is 1.36. The molecule has 2 fully saturated rings. The van der Waals surface area contributed by atoms with E-state index in [-0.39, 0.29) is 11.1 Å². The van der Waals surface area contributed by atoms with Gasteiger partial charge >= 0.3 is 11.9 Å². The first kappa shape index (κ1) is 19.9. The quantitative estimate of drug-likeness (QED) is 0.579. The minimum absolute atomic E-state index is 0.215. The van der Waals surface area contributed by atoms with E-state index in [9.17, 15) is 24.6 Å². The van der Waals surface area contributed by atoms with Crippen molar-refractivity contribution in [2.45, 2.75) is 18.6 Å². The molecule has 0 saturated carbocycles. The number of hydrogen-bond acceptors (Lipinski definition) is 7. The van der Waals surface area contributed by atoms with Crippen molar-refractivity contribution in [3.63, 3.8) is 0 Å². The Morgan fingerprint density at radius 1 is 1.00 bits per heavy atom. The lowest BCUT2D eigenvalue weighted by Crippen LogP contribution is -2.45. The number of pyridine rings is 1. The summed E-state index contributed by atoms with van der Waals surface area (Å²) >= 11 is 0. The average Bonchev–Trinajstić information content (AvgIpc) is 3.15. The number of carboxylic acid groups (broad SMARTS) is 2. The van der Waals surface area contributed by atoms with Crippen molar-refractivity contribution in [2.75, 3.05) is 36.9 Å². The number of nitrogens with one attached hydrogen (secondary N) is 1. The molecule has 1 aromatic carbocycles. The van der Waals surface area contributed by atoms with Crippen LogP contribution < -0.4 is 16.2 Å². The standard InChI is InChI=1S/C20H21N3O7/c21-16-14(18(25)26)13(15(19(27)28)17(24)22-16)11-1-3-12(4-2-11)23-7-5-20(6-8-23)29-9-10-30-20/h1-4H,5-10H2,(H,25,26)(H,27,28)(H3,21,22,24). The van der Waals surface area contributed by atoms with Crippen LogP contribution in [0, 0.1) is 0 Å². The van der Waals surface area contributed by atoms with Crippen LogP contribution in [0.3, 0.4) is 0 Å². The maximum absolute atomic E-state index is 12.1. The van der Waals surface area contributed by atoms with Gasteiger partial charge in [-0.15, -0.1) is 0 Å². The molecule has 0 aliphatic carbocycles. The number of nitrogens with zero attached hydrogens (tertiary/aromatic N) is 1. The number of benzene rings is 1. The number of nitrogen functional groups attached to an aromatic ring is 1. The van der Waals surface area contributed by atoms with E-state index in [1.807, 2.05) is 0 Å². The Hall–Kier alpha value is -3.37. The van der Waals surface area contributed by atoms with Crippen molar-refractivity contribution >= 4 is 23.4 Å². The van der Waals surface area contributed by atoms with Gasteiger partial charge in [-0.05, 0) is 17.7 Å². The van der Waals surface area contributed by atoms with Crippen molar-refractivity contribution in [3.05, 3.63) is 45.7 Å². The van der Waals surface area contributed by atoms with Crippen LogP contribution in [0.1, 0.15) is 33.6 Å². The molecular formula is C20H21N3O7. The van der Waals surface area contributed by atoms with E-state index in [1.165, 1.54) is 0 Å². The number of H-pyrrole nitrogens is 1. The molecule has 0 amide bonds. The van der Waals surface area contributed by atoms with Crippen LogP contribution in [0.25, 0.3) is 11.1 Å². The fourth-order valence-electron chi connectivity index (χ4n) is 4.07. The molecule has 2 aliphatic heterocycles. The van der Waals surface area contributed by atoms with Gasteiger partial charge in [0.1, 0.15) is 16.9 Å². The van der Waals surface area contributed by atoms with Crippen LogP contribution >= 0.6 is 0 Å². The number of aromatic amines is 1. The summed E-state index contributed by atoms with van der Waals surface area (Å²) < 4.78 is 11.5. The van der Waals surface area contributed by atoms with Gasteiger partial charge < -0.3 is 35.3 Å². The molecule has 0 unspecified atom stereocenters. The third kappa shape index (κ3) is 3.40. The summed E-state index contributed by atoms with van der Waals surface area (Å²) in [6.07, 6.45) is 1.46. The van der Waals surface area contributed by atoms with E-state index in [2.05, 4.69) is 9.88 Å². The van der Waals surface area contributed by atoms with Gasteiger partial charge in [0.15, 0.2) is 5.79 Å². The first-order chi connectivity index (χ1) is 14.3. The van der Waals surface area contributed by atoms with E-state index in [0.717, 1.165) is 31.6 Å². The number of nitrogens with two attached hydrogens (primary N) is 1. The minimum atomic E-state index is -1.53. The van der Waals surface area contributed by atoms with Crippen LogP contribution in [0.2, 0.25) is 0 Å². The van der Waals surface area contributed by atoms with Gasteiger partial charge in [-0.25, -0.2) is 9.59 Å². The van der Waals surface area contributed by atoms with Crippen molar-refractivity contribution in [1.82, 2.24) is 4.98 Å². The van der Waals surface area contributed by atoms with E-state index in [1.54, 1.807) is 24.3 Å². The highest BCUT2D eigenvalue weighted by Crippen LogP contribution is 2.35. The molecule has 10 nitrogen and oxygen atoms in total. The van der Waals surface area contributed by atoms with E-state index >= 15 is 0 Å². The summed E-state index contributed by atoms with van der Waals surface area (Å²) in [5, 5.41) is 19.0. The van der Waals surface area contributed by atoms with Gasteiger partial charge in [0.2, 0.25) is 0 Å². The van der Waals surface area contributed by atoms with Gasteiger partial charge in [0.05, 0.1) is 13.2 Å². The second kappa shape index (κ2) is 7.47. The topological polar surface area (TPSA) is 155 Å². The number of carbonyl (C=O) groups is 2. The zero-order chi connectivity index (χ0) is 21.5. The Balaban J connectivity index is 1.67. The summed E-state index contributed by atoms with van der Waals surface area (Å²) in [5.41, 5.74) is 4.56. The molecule has 0 atom stereocenters. The number of carboxylic acids is 2. The number of rotatable bonds is 4. The third-order valence-corrected chi connectivity index (χ3v) is 5.53. The summed E-state index contributed by atoms with van der Waals surface area (Å²) in [5.74, 6) is -3.85. The van der Waals surface area contributed by atoms with Crippen LogP contribution in [-0.2, 0) is 9.47 Å². The Morgan fingerprint density at radius 2 is 1.57 bits per heavy atom. The Labute approximate surface area is 170 Å². The molecule has 3 heterocycles. The molecule has 2 aromatic rings. The maximum Gasteiger partial charge on any atom is 0.342 e. The monoisotopic (exact) mass is 415 g/mol. The van der Waals surface area contributed by atoms with Crippen molar-refractivity contribution in [2.24, 2.45) is 0 Å². The van der Waals surface area contributed by atoms with Gasteiger partial charge in [-0.3, -0.25) is 4.79 Å². The fraction of sp³-hybridized carbons (Fsp3) is 0.350. The van der Waals surface area contributed by atoms with Crippen LogP contribution in [0.15, 0.2) is 29.1 Å². The molecule has 2 aliphatic rings. The lowest BCUT2D eigenvalue weighted by Gasteiger charge is -2.38. The van der Waals surface area contributed by atoms with Gasteiger partial charge in [0.25, 0.3) is 5.56 Å². The SMILES string of the molecule is Nc1[nH]c(=O)c(C(=O)O)c(-c2ccc(N3CCC4(CC3)OCCO4)cc2)c1C(=O)O. The molecule has 0 radical (unpaired) electrons. The average molecular weight is 415 g/mol. The number of piperidine rings is 1. The molecule has 0 bridgehead atoms. The lowest BCUT2D eigenvalue weighted by atomic mass is 9.95. The predicted molar refractivity (Wildman–Crippen MR) is 107 cm³/mol. The van der Waals surface area contributed by atoms with Crippen molar-refractivity contribution in [1.29, 1.82) is 0 Å². The highest BCUT2D eigenvalue weighted by atomic mass is 16.7. The molecule has 2 saturated heterocycles. The molecule has 158 valence electrons. The number of hydrogen-bond donors (Lipinski definition) is 4. The Morgan fingerprint density at radius 3 is 2.10 bits per heavy atom. The Kier molecular flexibility index (Phi) is 4.96. The largest absolute Gasteiger partial charge is 0.478 e. The number of anilines is 2. The molecule has 5 N–H and O–H groups in total. The second-order valence-corrected chi connectivity index (χ2v) is 7.24. The smallest absolute Gasteiger partial charge is 0.342 e. The lowest BCUT2D eigenvalue weighted by molar-refractivity contribution is -0.169. The normalized spacial score (nSPS) is 17.9. The second-order valence-electron chi connectivity index (χ2n) is 7.24. The molecular weight excluding hydrogens is 394 g/mol. The molecule has 1 spiro atoms. The minimum Gasteiger partial charge on any atom is -0.478 e. The first-order valence-corrected chi connectivity index (χ1v) is 9.47. The van der Waals surface area contributed by atoms with Gasteiger partial charge in [-0.2, -0.15) is 0 Å². The molecule has 10 heteroatoms. The maximum atomic E-state index is 12.1. The van der Waals surface area contributed by atoms with E-state index in [4.69, 9.17) is 15.2 Å². The summed E-state index contributed by atoms with van der Waals surface area (Å²) in [6.45, 7) is 2.65. The van der Waals surface area contributed by atoms with Crippen LogP contribution in [-0.4, -0.2) is 59.2 Å². The zero-order valence-electron chi connectivity index (χ0n) is 16.0. The summed E-state index contributed by atoms with van der Waals surface area (Å²) in [4.78, 5) is 39.7. The summed E-state index contributed by atoms with van der Waals surface area (Å²) in [6, 6.07) is 6.71. The highest BCUT2D eigenvalue weighted by Gasteiger charge is 2.39. The first-order valence-electron chi connectivity index (χ1n) is 9.47. The van der Waals surface area contributed by atoms with Gasteiger partial charge in [0, 0.05) is 37.2 Å². The zero-order valence-corrected chi connectivity index (χ0v) is 16.0. The van der Waals surface area contributed by atoms with Crippen molar-refractivity contribution < 1.29 is 29.3 Å². The van der Waals surface area contributed by atoms with Gasteiger partial charge in [-0.1, -0.05) is 12.1 Å². The van der Waals surface area contributed by atoms with E-state index in [0.29, 0.717) is 13.2 Å². The molecule has 30 heavy (non-hydrogen) atoms. The molecule has 1 aromatic heterocycles. The summed E-state index contributed by atoms with van der Waals surface area (Å²) in [7, 11) is 0. The van der Waals surface area contributed by atoms with E-state index < -0.39 is 40.2 Å². The highest BCUT2D eigenvalue weighted by molar-refractivity contribution is 6.07. The van der Waals surface area contributed by atoms with Crippen LogP contribution in [0.5, 0.6) is 0 Å². The number of aromatic carboxylic acids is 2.